The van der Waals surface area contributed by atoms with Crippen LogP contribution < -0.4 is 5.43 Å². The number of aromatic nitrogens is 1. The second-order valence-corrected chi connectivity index (χ2v) is 6.85. The molecule has 0 fully saturated rings. The minimum atomic E-state index is -0.400. The smallest absolute Gasteiger partial charge is 0.269 e. The molecule has 0 bridgehead atoms. The van der Waals surface area contributed by atoms with Crippen molar-refractivity contribution in [3.05, 3.63) is 92.8 Å². The lowest BCUT2D eigenvalue weighted by Crippen LogP contribution is -2.19. The van der Waals surface area contributed by atoms with Crippen LogP contribution in [-0.4, -0.2) is 21.6 Å². The van der Waals surface area contributed by atoms with Gasteiger partial charge in [-0.3, -0.25) is 14.9 Å². The van der Waals surface area contributed by atoms with E-state index in [4.69, 9.17) is 0 Å². The molecule has 3 rings (SSSR count). The zero-order chi connectivity index (χ0) is 21.0. The van der Waals surface area contributed by atoms with Crippen LogP contribution in [0.25, 0.3) is 5.69 Å². The van der Waals surface area contributed by atoms with E-state index in [0.29, 0.717) is 0 Å². The van der Waals surface area contributed by atoms with Crippen LogP contribution in [0.1, 0.15) is 28.1 Å². The molecule has 0 aliphatic rings. The van der Waals surface area contributed by atoms with E-state index in [2.05, 4.69) is 10.5 Å². The van der Waals surface area contributed by atoms with Crippen molar-refractivity contribution in [1.29, 1.82) is 0 Å². The van der Waals surface area contributed by atoms with Gasteiger partial charge in [-0.05, 0) is 44.0 Å². The minimum Gasteiger partial charge on any atom is -0.318 e. The van der Waals surface area contributed by atoms with Crippen molar-refractivity contribution in [2.24, 2.45) is 5.10 Å². The summed E-state index contributed by atoms with van der Waals surface area (Å²) in [6, 6.07) is 16.2. The number of amides is 1. The predicted molar refractivity (Wildman–Crippen MR) is 113 cm³/mol. The number of hydrogen-bond acceptors (Lipinski definition) is 4. The Labute approximate surface area is 168 Å². The zero-order valence-corrected chi connectivity index (χ0v) is 16.5. The fraction of sp³-hybridized carbons (Fsp3) is 0.182. The first kappa shape index (κ1) is 20.0. The van der Waals surface area contributed by atoms with E-state index in [0.717, 1.165) is 33.8 Å². The van der Waals surface area contributed by atoms with E-state index in [1.165, 1.54) is 6.07 Å². The van der Waals surface area contributed by atoms with Crippen molar-refractivity contribution < 1.29 is 9.72 Å². The molecule has 7 nitrogen and oxygen atoms in total. The third-order valence-corrected chi connectivity index (χ3v) is 4.70. The van der Waals surface area contributed by atoms with Gasteiger partial charge in [0.25, 0.3) is 5.69 Å². The van der Waals surface area contributed by atoms with Crippen LogP contribution in [0.15, 0.2) is 59.7 Å². The molecule has 1 amide bonds. The number of nitrogens with one attached hydrogen (secondary N) is 1. The van der Waals surface area contributed by atoms with E-state index in [1.54, 1.807) is 18.3 Å². The summed E-state index contributed by atoms with van der Waals surface area (Å²) in [6.45, 7) is 5.75. The van der Waals surface area contributed by atoms with Crippen LogP contribution in [0.4, 0.5) is 5.69 Å². The molecule has 0 radical (unpaired) electrons. The first-order valence-corrected chi connectivity index (χ1v) is 9.17. The van der Waals surface area contributed by atoms with Crippen LogP contribution in [0.5, 0.6) is 0 Å². The molecular formula is C22H22N4O3. The molecule has 3 aromatic rings. The van der Waals surface area contributed by atoms with Crippen LogP contribution in [0.3, 0.4) is 0 Å². The van der Waals surface area contributed by atoms with Gasteiger partial charge < -0.3 is 4.57 Å². The van der Waals surface area contributed by atoms with Gasteiger partial charge in [-0.25, -0.2) is 5.43 Å². The first-order valence-electron chi connectivity index (χ1n) is 9.17. The molecule has 0 aliphatic carbocycles. The number of hydrogen-bond donors (Lipinski definition) is 1. The summed E-state index contributed by atoms with van der Waals surface area (Å²) in [4.78, 5) is 22.6. The monoisotopic (exact) mass is 390 g/mol. The maximum absolute atomic E-state index is 12.0. The molecule has 0 aliphatic heterocycles. The van der Waals surface area contributed by atoms with Crippen LogP contribution in [0, 0.1) is 30.9 Å². The summed E-state index contributed by atoms with van der Waals surface area (Å²) in [5.41, 5.74) is 7.98. The average molecular weight is 390 g/mol. The Kier molecular flexibility index (Phi) is 5.87. The van der Waals surface area contributed by atoms with Gasteiger partial charge in [-0.2, -0.15) is 5.10 Å². The van der Waals surface area contributed by atoms with Crippen LogP contribution in [0.2, 0.25) is 0 Å². The quantitative estimate of drug-likeness (QED) is 0.392. The number of nitro groups is 1. The third-order valence-electron chi connectivity index (χ3n) is 4.70. The highest BCUT2D eigenvalue weighted by Crippen LogP contribution is 2.25. The lowest BCUT2D eigenvalue weighted by Gasteiger charge is -2.12. The molecule has 29 heavy (non-hydrogen) atoms. The van der Waals surface area contributed by atoms with Gasteiger partial charge in [0.05, 0.1) is 17.6 Å². The average Bonchev–Trinajstić information content (AvgIpc) is 2.96. The molecule has 0 saturated heterocycles. The number of nitro benzene ring substituents is 1. The maximum atomic E-state index is 12.0. The Bertz CT molecular complexity index is 1080. The molecule has 1 heterocycles. The number of carbonyl (C=O) groups excluding carboxylic acids is 1. The van der Waals surface area contributed by atoms with E-state index >= 15 is 0 Å². The second kappa shape index (κ2) is 8.52. The highest BCUT2D eigenvalue weighted by atomic mass is 16.6. The van der Waals surface area contributed by atoms with Crippen molar-refractivity contribution in [2.75, 3.05) is 0 Å². The number of non-ortho nitro benzene ring substituents is 1. The standard InChI is InChI=1S/C22H22N4O3/c1-15-11-20(26(28)29)9-10-21(15)25-16(2)12-19(17(25)3)14-23-24-22(27)13-18-7-5-4-6-8-18/h4-12,14H,13H2,1-3H3,(H,24,27)/b23-14+. The fourth-order valence-corrected chi connectivity index (χ4v) is 3.29. The number of carbonyl (C=O) groups is 1. The Morgan fingerprint density at radius 3 is 2.52 bits per heavy atom. The minimum absolute atomic E-state index is 0.0663. The molecule has 2 aromatic carbocycles. The summed E-state index contributed by atoms with van der Waals surface area (Å²) in [5.74, 6) is -0.188. The van der Waals surface area contributed by atoms with Gasteiger partial charge in [0.15, 0.2) is 0 Å². The summed E-state index contributed by atoms with van der Waals surface area (Å²) < 4.78 is 2.02. The molecule has 0 unspecified atom stereocenters. The molecule has 0 saturated carbocycles. The van der Waals surface area contributed by atoms with E-state index in [9.17, 15) is 14.9 Å². The van der Waals surface area contributed by atoms with Crippen LogP contribution in [-0.2, 0) is 11.2 Å². The fourth-order valence-electron chi connectivity index (χ4n) is 3.29. The van der Waals surface area contributed by atoms with Gasteiger partial charge in [-0.1, -0.05) is 30.3 Å². The lowest BCUT2D eigenvalue weighted by atomic mass is 10.1. The Morgan fingerprint density at radius 1 is 1.14 bits per heavy atom. The lowest BCUT2D eigenvalue weighted by molar-refractivity contribution is -0.384. The van der Waals surface area contributed by atoms with E-state index in [-0.39, 0.29) is 18.0 Å². The zero-order valence-electron chi connectivity index (χ0n) is 16.5. The topological polar surface area (TPSA) is 89.5 Å². The van der Waals surface area contributed by atoms with Gasteiger partial charge in [0.2, 0.25) is 5.91 Å². The molecule has 1 N–H and O–H groups in total. The van der Waals surface area contributed by atoms with Gasteiger partial charge in [0, 0.05) is 34.8 Å². The van der Waals surface area contributed by atoms with Gasteiger partial charge >= 0.3 is 0 Å². The van der Waals surface area contributed by atoms with Crippen molar-refractivity contribution in [3.8, 4) is 5.69 Å². The summed E-state index contributed by atoms with van der Waals surface area (Å²) in [5, 5.41) is 15.1. The molecule has 0 atom stereocenters. The normalized spacial score (nSPS) is 11.0. The maximum Gasteiger partial charge on any atom is 0.269 e. The largest absolute Gasteiger partial charge is 0.318 e. The summed E-state index contributed by atoms with van der Waals surface area (Å²) in [6.07, 6.45) is 1.88. The number of aryl methyl sites for hydroxylation is 2. The molecule has 1 aromatic heterocycles. The highest BCUT2D eigenvalue weighted by Gasteiger charge is 2.14. The summed E-state index contributed by atoms with van der Waals surface area (Å²) >= 11 is 0. The number of rotatable bonds is 6. The van der Waals surface area contributed by atoms with Crippen molar-refractivity contribution >= 4 is 17.8 Å². The van der Waals surface area contributed by atoms with E-state index < -0.39 is 4.92 Å². The van der Waals surface area contributed by atoms with Crippen molar-refractivity contribution in [2.45, 2.75) is 27.2 Å². The van der Waals surface area contributed by atoms with Crippen molar-refractivity contribution in [1.82, 2.24) is 9.99 Å². The van der Waals surface area contributed by atoms with Gasteiger partial charge in [-0.15, -0.1) is 0 Å². The Hall–Kier alpha value is -3.74. The molecule has 7 heteroatoms. The second-order valence-electron chi connectivity index (χ2n) is 6.85. The van der Waals surface area contributed by atoms with Gasteiger partial charge in [0.1, 0.15) is 0 Å². The van der Waals surface area contributed by atoms with Crippen LogP contribution >= 0.6 is 0 Å². The first-order chi connectivity index (χ1) is 13.9. The SMILES string of the molecule is Cc1cc([N+](=O)[O-])ccc1-n1c(C)cc(/C=N/NC(=O)Cc2ccccc2)c1C. The number of benzene rings is 2. The number of hydrazone groups is 1. The Morgan fingerprint density at radius 2 is 1.86 bits per heavy atom. The summed E-state index contributed by atoms with van der Waals surface area (Å²) in [7, 11) is 0. The molecule has 0 spiro atoms. The third kappa shape index (κ3) is 4.57. The predicted octanol–water partition coefficient (Wildman–Crippen LogP) is 4.00. The highest BCUT2D eigenvalue weighted by molar-refractivity contribution is 5.85. The molecular weight excluding hydrogens is 368 g/mol. The van der Waals surface area contributed by atoms with E-state index in [1.807, 2.05) is 61.7 Å². The van der Waals surface area contributed by atoms with Crippen molar-refractivity contribution in [3.63, 3.8) is 0 Å². The Balaban J connectivity index is 1.76. The molecule has 148 valence electrons. The number of nitrogens with zero attached hydrogens (tertiary/aromatic N) is 3.